The first kappa shape index (κ1) is 32.3. The minimum Gasteiger partial charge on any atom is -0.392 e. The van der Waals surface area contributed by atoms with Gasteiger partial charge in [0.15, 0.2) is 0 Å². The first-order valence-corrected chi connectivity index (χ1v) is 17.4. The molecule has 1 amide bonds. The van der Waals surface area contributed by atoms with Gasteiger partial charge in [-0.3, -0.25) is 14.6 Å². The predicted molar refractivity (Wildman–Crippen MR) is 161 cm³/mol. The van der Waals surface area contributed by atoms with E-state index in [-0.39, 0.29) is 30.7 Å². The molecule has 4 atom stereocenters. The number of carbonyl (C=O) groups excluding carboxylic acids is 1. The molecule has 4 aliphatic heterocycles. The first-order valence-electron chi connectivity index (χ1n) is 15.5. The maximum atomic E-state index is 12.9. The van der Waals surface area contributed by atoms with Crippen molar-refractivity contribution in [3.63, 3.8) is 0 Å². The summed E-state index contributed by atoms with van der Waals surface area (Å²) < 4.78 is 24.8. The average Bonchev–Trinajstić information content (AvgIpc) is 3.55. The van der Waals surface area contributed by atoms with Crippen LogP contribution < -0.4 is 10.0 Å². The molecule has 5 rings (SSSR count). The summed E-state index contributed by atoms with van der Waals surface area (Å²) in [6.45, 7) is 7.80. The lowest BCUT2D eigenvalue weighted by atomic mass is 10.00. The Kier molecular flexibility index (Phi) is 12.4. The van der Waals surface area contributed by atoms with E-state index >= 15 is 0 Å². The molecule has 4 N–H and O–H groups in total. The molecule has 232 valence electrons. The van der Waals surface area contributed by atoms with E-state index in [0.717, 1.165) is 88.8 Å². The summed E-state index contributed by atoms with van der Waals surface area (Å²) in [7, 11) is -3.22. The van der Waals surface area contributed by atoms with Gasteiger partial charge in [-0.1, -0.05) is 30.7 Å². The van der Waals surface area contributed by atoms with Gasteiger partial charge in [0.05, 0.1) is 24.9 Å². The third-order valence-corrected chi connectivity index (χ3v) is 9.39. The zero-order chi connectivity index (χ0) is 29.2. The van der Waals surface area contributed by atoms with Crippen molar-refractivity contribution < 1.29 is 23.4 Å². The smallest absolute Gasteiger partial charge is 0.227 e. The van der Waals surface area contributed by atoms with Gasteiger partial charge in [-0.25, -0.2) is 13.1 Å². The first-order chi connectivity index (χ1) is 19.6. The zero-order valence-corrected chi connectivity index (χ0v) is 25.5. The van der Waals surface area contributed by atoms with Crippen LogP contribution in [-0.4, -0.2) is 122 Å². The quantitative estimate of drug-likeness (QED) is 0.333. The zero-order valence-electron chi connectivity index (χ0n) is 24.7. The molecule has 0 bridgehead atoms. The van der Waals surface area contributed by atoms with E-state index in [1.54, 1.807) is 0 Å². The molecule has 0 aliphatic carbocycles. The second kappa shape index (κ2) is 15.7. The number of hydrogen-bond acceptors (Lipinski definition) is 8. The molecule has 0 spiro atoms. The number of rotatable bonds is 9. The molecule has 10 nitrogen and oxygen atoms in total. The minimum absolute atomic E-state index is 0.0661. The second-order valence-corrected chi connectivity index (χ2v) is 14.2. The Balaban J connectivity index is 0.000000247. The highest BCUT2D eigenvalue weighted by Gasteiger charge is 2.30. The Labute approximate surface area is 246 Å². The Hall–Kier alpha value is -1.60. The van der Waals surface area contributed by atoms with Crippen LogP contribution in [0, 0.1) is 0 Å². The fraction of sp³-hybridized carbons (Fsp3) is 0.767. The number of carbonyl (C=O) groups is 1. The Bertz CT molecular complexity index is 1050. The molecule has 0 radical (unpaired) electrons. The number of benzene rings is 1. The standard InChI is InChI=1S/C20H31N3O4S.C10H20N2O/c1-28(26,27)21-13-17-7-5-16(6-8-17)12-20(25)23-10-3-2-4-18(23)14-22-11-9-19(24)15-22;13-10-4-6-12(8-10)7-9-3-1-2-5-11-9/h5-8,18-19,21,24H,2-4,9-15H2,1H3;9-11,13H,1-8H2/t18-,19-;9-,10-/m00/s1. The molecular formula is C30H51N5O5S. The van der Waals surface area contributed by atoms with Crippen LogP contribution in [0.5, 0.6) is 0 Å². The van der Waals surface area contributed by atoms with Gasteiger partial charge in [0, 0.05) is 64.4 Å². The normalized spacial score (nSPS) is 27.9. The molecule has 4 aliphatic rings. The van der Waals surface area contributed by atoms with Crippen molar-refractivity contribution in [2.24, 2.45) is 0 Å². The Morgan fingerprint density at radius 2 is 1.51 bits per heavy atom. The largest absolute Gasteiger partial charge is 0.392 e. The van der Waals surface area contributed by atoms with Crippen molar-refractivity contribution in [3.8, 4) is 0 Å². The van der Waals surface area contributed by atoms with Crippen molar-refractivity contribution >= 4 is 15.9 Å². The Morgan fingerprint density at radius 1 is 0.878 bits per heavy atom. The van der Waals surface area contributed by atoms with Crippen LogP contribution in [0.25, 0.3) is 0 Å². The van der Waals surface area contributed by atoms with Crippen LogP contribution >= 0.6 is 0 Å². The highest BCUT2D eigenvalue weighted by Crippen LogP contribution is 2.21. The fourth-order valence-corrected chi connectivity index (χ4v) is 6.86. The van der Waals surface area contributed by atoms with Crippen molar-refractivity contribution in [1.82, 2.24) is 24.7 Å². The maximum Gasteiger partial charge on any atom is 0.227 e. The van der Waals surface area contributed by atoms with Gasteiger partial charge in [0.25, 0.3) is 0 Å². The van der Waals surface area contributed by atoms with Crippen molar-refractivity contribution in [2.75, 3.05) is 58.6 Å². The summed E-state index contributed by atoms with van der Waals surface area (Å²) in [5.41, 5.74) is 1.80. The lowest BCUT2D eigenvalue weighted by molar-refractivity contribution is -0.134. The second-order valence-electron chi connectivity index (χ2n) is 12.4. The van der Waals surface area contributed by atoms with E-state index in [1.165, 1.54) is 25.8 Å². The number of aliphatic hydroxyl groups is 2. The van der Waals surface area contributed by atoms with Crippen LogP contribution in [0.2, 0.25) is 0 Å². The number of piperidine rings is 2. The number of amides is 1. The Morgan fingerprint density at radius 3 is 2.10 bits per heavy atom. The molecular weight excluding hydrogens is 542 g/mol. The molecule has 41 heavy (non-hydrogen) atoms. The van der Waals surface area contributed by atoms with E-state index in [4.69, 9.17) is 0 Å². The van der Waals surface area contributed by atoms with Crippen molar-refractivity contribution in [2.45, 2.75) is 88.6 Å². The van der Waals surface area contributed by atoms with Gasteiger partial charge < -0.3 is 20.4 Å². The molecule has 4 heterocycles. The van der Waals surface area contributed by atoms with Gasteiger partial charge in [-0.15, -0.1) is 0 Å². The van der Waals surface area contributed by atoms with Crippen molar-refractivity contribution in [1.29, 1.82) is 0 Å². The molecule has 0 unspecified atom stereocenters. The van der Waals surface area contributed by atoms with Gasteiger partial charge in [-0.05, 0) is 62.6 Å². The number of nitrogens with zero attached hydrogens (tertiary/aromatic N) is 3. The number of β-amino-alcohol motifs (C(OH)–C–C–N with tert-alkyl or cyclic N) is 2. The highest BCUT2D eigenvalue weighted by atomic mass is 32.2. The molecule has 0 saturated carbocycles. The fourth-order valence-electron chi connectivity index (χ4n) is 6.43. The highest BCUT2D eigenvalue weighted by molar-refractivity contribution is 7.88. The summed E-state index contributed by atoms with van der Waals surface area (Å²) in [5, 5.41) is 22.6. The monoisotopic (exact) mass is 593 g/mol. The van der Waals surface area contributed by atoms with Gasteiger partial charge in [-0.2, -0.15) is 0 Å². The number of aliphatic hydroxyl groups excluding tert-OH is 2. The lowest BCUT2D eigenvalue weighted by Crippen LogP contribution is -2.49. The third kappa shape index (κ3) is 11.2. The van der Waals surface area contributed by atoms with Gasteiger partial charge >= 0.3 is 0 Å². The van der Waals surface area contributed by atoms with E-state index in [2.05, 4.69) is 19.8 Å². The predicted octanol–water partition coefficient (Wildman–Crippen LogP) is 0.921. The summed E-state index contributed by atoms with van der Waals surface area (Å²) >= 11 is 0. The number of hydrogen-bond donors (Lipinski definition) is 4. The average molecular weight is 594 g/mol. The van der Waals surface area contributed by atoms with Crippen LogP contribution in [-0.2, 0) is 27.8 Å². The van der Waals surface area contributed by atoms with Gasteiger partial charge in [0.1, 0.15) is 0 Å². The SMILES string of the molecule is CS(=O)(=O)NCc1ccc(CC(=O)N2CCCC[C@H]2CN2CC[C@H](O)C2)cc1.O[C@H]1CCN(C[C@@H]2CCCCN2)C1. The number of nitrogens with one attached hydrogen (secondary N) is 2. The van der Waals surface area contributed by atoms with Crippen molar-refractivity contribution in [3.05, 3.63) is 35.4 Å². The maximum absolute atomic E-state index is 12.9. The molecule has 4 saturated heterocycles. The van der Waals surface area contributed by atoms with Crippen LogP contribution in [0.4, 0.5) is 0 Å². The van der Waals surface area contributed by atoms with E-state index < -0.39 is 10.0 Å². The third-order valence-electron chi connectivity index (χ3n) is 8.72. The van der Waals surface area contributed by atoms with Gasteiger partial charge in [0.2, 0.25) is 15.9 Å². The van der Waals surface area contributed by atoms with E-state index in [0.29, 0.717) is 19.0 Å². The number of sulfonamides is 1. The van der Waals surface area contributed by atoms with E-state index in [9.17, 15) is 23.4 Å². The minimum atomic E-state index is -3.22. The topological polar surface area (TPSA) is 125 Å². The number of likely N-dealkylation sites (tertiary alicyclic amines) is 3. The molecule has 4 fully saturated rings. The van der Waals surface area contributed by atoms with Crippen LogP contribution in [0.1, 0.15) is 62.5 Å². The summed E-state index contributed by atoms with van der Waals surface area (Å²) in [6, 6.07) is 8.42. The molecule has 1 aromatic carbocycles. The lowest BCUT2D eigenvalue weighted by Gasteiger charge is -2.38. The summed E-state index contributed by atoms with van der Waals surface area (Å²) in [4.78, 5) is 19.6. The van der Waals surface area contributed by atoms with Crippen LogP contribution in [0.3, 0.4) is 0 Å². The molecule has 0 aromatic heterocycles. The summed E-state index contributed by atoms with van der Waals surface area (Å²) in [6.07, 6.45) is 10.2. The molecule has 11 heteroatoms. The summed E-state index contributed by atoms with van der Waals surface area (Å²) in [5.74, 6) is 0.145. The van der Waals surface area contributed by atoms with E-state index in [1.807, 2.05) is 29.2 Å². The molecule has 1 aromatic rings. The van der Waals surface area contributed by atoms with Crippen LogP contribution in [0.15, 0.2) is 24.3 Å².